The molecule has 1 nitrogen and oxygen atoms in total. The number of aromatic nitrogens is 1. The van der Waals surface area contributed by atoms with E-state index in [1.807, 2.05) is 12.1 Å². The summed E-state index contributed by atoms with van der Waals surface area (Å²) in [4.78, 5) is 0. The molecule has 0 bridgehead atoms. The van der Waals surface area contributed by atoms with Gasteiger partial charge < -0.3 is 29.4 Å². The van der Waals surface area contributed by atoms with E-state index in [2.05, 4.69) is 95.8 Å². The van der Waals surface area contributed by atoms with Crippen molar-refractivity contribution in [3.63, 3.8) is 0 Å². The summed E-state index contributed by atoms with van der Waals surface area (Å²) in [6.07, 6.45) is 4.13. The van der Waals surface area contributed by atoms with Crippen LogP contribution in [0.3, 0.4) is 0 Å². The van der Waals surface area contributed by atoms with Crippen LogP contribution in [0.25, 0.3) is 27.2 Å². The molecule has 0 atom stereocenters. The Hall–Kier alpha value is -1.61. The van der Waals surface area contributed by atoms with Gasteiger partial charge in [-0.2, -0.15) is 17.5 Å². The number of rotatable bonds is 1. The maximum absolute atomic E-state index is 2.20. The van der Waals surface area contributed by atoms with Gasteiger partial charge in [0.15, 0.2) is 0 Å². The first kappa shape index (κ1) is 22.4. The summed E-state index contributed by atoms with van der Waals surface area (Å²) in [5.41, 5.74) is 1.23. The van der Waals surface area contributed by atoms with Crippen LogP contribution in [0.2, 0.25) is 0 Å². The first-order valence-corrected chi connectivity index (χ1v) is 7.79. The van der Waals surface area contributed by atoms with Crippen LogP contribution in [-0.2, 0) is 25.8 Å². The van der Waals surface area contributed by atoms with Gasteiger partial charge in [0.2, 0.25) is 0 Å². The molecular formula is C22H17Cl2HfN. The Labute approximate surface area is 185 Å². The smallest absolute Gasteiger partial charge is 1.00 e. The summed E-state index contributed by atoms with van der Waals surface area (Å²) < 4.78 is 2.12. The zero-order valence-corrected chi connectivity index (χ0v) is 19.1. The van der Waals surface area contributed by atoms with Crippen LogP contribution in [0.4, 0.5) is 0 Å². The fourth-order valence-electron chi connectivity index (χ4n) is 2.86. The average Bonchev–Trinajstić information content (AvgIpc) is 3.33. The predicted molar refractivity (Wildman–Crippen MR) is 98.4 cm³/mol. The van der Waals surface area contributed by atoms with E-state index < -0.39 is 0 Å². The first-order valence-electron chi connectivity index (χ1n) is 7.79. The third kappa shape index (κ3) is 4.97. The molecule has 4 heteroatoms. The van der Waals surface area contributed by atoms with Crippen LogP contribution in [0.15, 0.2) is 103 Å². The summed E-state index contributed by atoms with van der Waals surface area (Å²) in [5, 5.41) is 5.27. The third-order valence-corrected chi connectivity index (χ3v) is 4.05. The SMILES string of the molecule is [Cl-].[Cl-].[Hf+4].c1ccc2[cH-]c(-n3cccc3)cc2c1.c1ccc2[cH-]ccc2c1. The Balaban J connectivity index is 0.000000250. The summed E-state index contributed by atoms with van der Waals surface area (Å²) in [5.74, 6) is 0. The van der Waals surface area contributed by atoms with E-state index in [9.17, 15) is 0 Å². The largest absolute Gasteiger partial charge is 4.00 e. The minimum atomic E-state index is 0. The van der Waals surface area contributed by atoms with Gasteiger partial charge in [0, 0.05) is 12.4 Å². The normalized spacial score (nSPS) is 9.38. The zero-order valence-electron chi connectivity index (χ0n) is 14.0. The van der Waals surface area contributed by atoms with Gasteiger partial charge in [-0.05, 0) is 17.8 Å². The molecule has 0 amide bonds. The fraction of sp³-hybridized carbons (Fsp3) is 0. The topological polar surface area (TPSA) is 4.93 Å². The van der Waals surface area contributed by atoms with Crippen molar-refractivity contribution in [2.45, 2.75) is 0 Å². The van der Waals surface area contributed by atoms with E-state index in [1.54, 1.807) is 0 Å². The van der Waals surface area contributed by atoms with Crippen molar-refractivity contribution in [3.8, 4) is 5.69 Å². The Morgan fingerprint density at radius 3 is 1.92 bits per heavy atom. The molecule has 5 rings (SSSR count). The summed E-state index contributed by atoms with van der Waals surface area (Å²) in [6.45, 7) is 0. The van der Waals surface area contributed by atoms with Crippen LogP contribution in [-0.4, -0.2) is 4.57 Å². The van der Waals surface area contributed by atoms with E-state index in [0.717, 1.165) is 0 Å². The van der Waals surface area contributed by atoms with Crippen LogP contribution in [0, 0.1) is 0 Å². The van der Waals surface area contributed by atoms with E-state index in [1.165, 1.54) is 27.2 Å². The van der Waals surface area contributed by atoms with Crippen LogP contribution < -0.4 is 24.8 Å². The number of nitrogens with zero attached hydrogens (tertiary/aromatic N) is 1. The Morgan fingerprint density at radius 1 is 0.654 bits per heavy atom. The van der Waals surface area contributed by atoms with Crippen molar-refractivity contribution < 1.29 is 50.7 Å². The van der Waals surface area contributed by atoms with Gasteiger partial charge in [-0.3, -0.25) is 0 Å². The molecule has 0 N–H and O–H groups in total. The Bertz CT molecular complexity index is 965. The van der Waals surface area contributed by atoms with Crippen molar-refractivity contribution in [1.82, 2.24) is 4.57 Å². The van der Waals surface area contributed by atoms with Gasteiger partial charge in [0.25, 0.3) is 0 Å². The number of hydrogen-bond donors (Lipinski definition) is 0. The molecule has 5 aromatic rings. The Morgan fingerprint density at radius 2 is 1.27 bits per heavy atom. The van der Waals surface area contributed by atoms with Crippen molar-refractivity contribution in [2.24, 2.45) is 0 Å². The number of benzene rings is 2. The van der Waals surface area contributed by atoms with Crippen LogP contribution in [0.5, 0.6) is 0 Å². The van der Waals surface area contributed by atoms with Crippen LogP contribution >= 0.6 is 0 Å². The first-order chi connectivity index (χ1) is 11.4. The quantitative estimate of drug-likeness (QED) is 0.206. The third-order valence-electron chi connectivity index (χ3n) is 4.05. The van der Waals surface area contributed by atoms with E-state index in [-0.39, 0.29) is 50.7 Å². The van der Waals surface area contributed by atoms with Crippen molar-refractivity contribution >= 4 is 21.5 Å². The number of hydrogen-bond acceptors (Lipinski definition) is 0. The molecule has 0 unspecified atom stereocenters. The second kappa shape index (κ2) is 10.5. The monoisotopic (exact) mass is 545 g/mol. The molecule has 0 radical (unpaired) electrons. The van der Waals surface area contributed by atoms with Gasteiger partial charge in [-0.25, -0.2) is 0 Å². The standard InChI is InChI=1S/C13H10N.C9H7.2ClH.Hf/c1-2-6-12-10-13(9-11(12)5-1)14-7-3-4-8-14;1-2-5-9-7-3-6-8(9)4-1;;;/h1-10H;1-7H;2*1H;/q2*-1;;;+4/p-2. The summed E-state index contributed by atoms with van der Waals surface area (Å²) in [7, 11) is 0. The van der Waals surface area contributed by atoms with Gasteiger partial charge in [0.1, 0.15) is 0 Å². The minimum absolute atomic E-state index is 0. The zero-order chi connectivity index (χ0) is 15.5. The van der Waals surface area contributed by atoms with Gasteiger partial charge in [0.05, 0.1) is 0 Å². The molecule has 1 aromatic heterocycles. The molecule has 0 saturated heterocycles. The molecule has 0 aliphatic heterocycles. The summed E-state index contributed by atoms with van der Waals surface area (Å²) >= 11 is 0. The van der Waals surface area contributed by atoms with Gasteiger partial charge in [-0.15, -0.1) is 70.8 Å². The molecule has 0 spiro atoms. The molecule has 128 valence electrons. The molecular weight excluding hydrogens is 528 g/mol. The second-order valence-corrected chi connectivity index (χ2v) is 5.59. The Kier molecular flexibility index (Phi) is 9.07. The number of fused-ring (bicyclic) bond motifs is 2. The van der Waals surface area contributed by atoms with E-state index in [4.69, 9.17) is 0 Å². The van der Waals surface area contributed by atoms with Crippen molar-refractivity contribution in [3.05, 3.63) is 103 Å². The van der Waals surface area contributed by atoms with Crippen LogP contribution in [0.1, 0.15) is 0 Å². The molecule has 1 heterocycles. The fourth-order valence-corrected chi connectivity index (χ4v) is 2.86. The van der Waals surface area contributed by atoms with E-state index in [0.29, 0.717) is 0 Å². The molecule has 0 saturated carbocycles. The molecule has 26 heavy (non-hydrogen) atoms. The molecule has 0 aliphatic carbocycles. The number of halogens is 2. The van der Waals surface area contributed by atoms with Crippen molar-refractivity contribution in [1.29, 1.82) is 0 Å². The molecule has 4 aromatic carbocycles. The van der Waals surface area contributed by atoms with Gasteiger partial charge in [-0.1, -0.05) is 12.1 Å². The minimum Gasteiger partial charge on any atom is -1.00 e. The van der Waals surface area contributed by atoms with Crippen molar-refractivity contribution in [2.75, 3.05) is 0 Å². The molecule has 0 aliphatic rings. The molecule has 0 fully saturated rings. The maximum atomic E-state index is 2.20. The average molecular weight is 545 g/mol. The van der Waals surface area contributed by atoms with E-state index >= 15 is 0 Å². The van der Waals surface area contributed by atoms with Gasteiger partial charge >= 0.3 is 25.8 Å². The second-order valence-electron chi connectivity index (χ2n) is 5.59. The maximum Gasteiger partial charge on any atom is 4.00 e. The predicted octanol–water partition coefficient (Wildman–Crippen LogP) is -0.0864. The summed E-state index contributed by atoms with van der Waals surface area (Å²) in [6, 6.07) is 31.6.